The molecular weight excluding hydrogens is 244 g/mol. The van der Waals surface area contributed by atoms with Gasteiger partial charge in [-0.1, -0.05) is 37.3 Å². The van der Waals surface area contributed by atoms with E-state index in [1.54, 1.807) is 31.2 Å². The first kappa shape index (κ1) is 13.3. The average molecular weight is 260 g/mol. The molecule has 1 aliphatic heterocycles. The van der Waals surface area contributed by atoms with Gasteiger partial charge in [0.1, 0.15) is 5.54 Å². The van der Waals surface area contributed by atoms with Gasteiger partial charge in [0.15, 0.2) is 0 Å². The van der Waals surface area contributed by atoms with Crippen molar-refractivity contribution in [3.05, 3.63) is 35.9 Å². The van der Waals surface area contributed by atoms with Crippen molar-refractivity contribution >= 4 is 17.7 Å². The van der Waals surface area contributed by atoms with Crippen LogP contribution in [0.25, 0.3) is 0 Å². The number of piperidine rings is 1. The van der Waals surface area contributed by atoms with Crippen LogP contribution < -0.4 is 10.6 Å². The molecule has 1 saturated heterocycles. The van der Waals surface area contributed by atoms with E-state index in [0.29, 0.717) is 5.56 Å². The number of benzene rings is 1. The maximum Gasteiger partial charge on any atom is 0.256 e. The molecule has 19 heavy (non-hydrogen) atoms. The van der Waals surface area contributed by atoms with Crippen molar-refractivity contribution in [1.29, 1.82) is 0 Å². The first-order valence-electron chi connectivity index (χ1n) is 6.29. The molecule has 0 radical (unpaired) electrons. The summed E-state index contributed by atoms with van der Waals surface area (Å²) >= 11 is 0. The molecule has 0 saturated carbocycles. The number of carbonyl (C=O) groups is 3. The van der Waals surface area contributed by atoms with E-state index in [0.717, 1.165) is 0 Å². The normalized spacial score (nSPS) is 22.8. The Morgan fingerprint density at radius 2 is 2.00 bits per heavy atom. The molecule has 2 N–H and O–H groups in total. The van der Waals surface area contributed by atoms with Gasteiger partial charge < -0.3 is 5.32 Å². The number of hydrogen-bond acceptors (Lipinski definition) is 3. The zero-order valence-electron chi connectivity index (χ0n) is 10.7. The lowest BCUT2D eigenvalue weighted by molar-refractivity contribution is -0.142. The minimum Gasteiger partial charge on any atom is -0.338 e. The van der Waals surface area contributed by atoms with Crippen molar-refractivity contribution in [2.24, 2.45) is 0 Å². The summed E-state index contributed by atoms with van der Waals surface area (Å²) in [5.74, 6) is -0.979. The summed E-state index contributed by atoms with van der Waals surface area (Å²) in [6.07, 6.45) is 0.786. The number of amides is 3. The van der Waals surface area contributed by atoms with E-state index in [-0.39, 0.29) is 31.1 Å². The highest BCUT2D eigenvalue weighted by Gasteiger charge is 2.45. The van der Waals surface area contributed by atoms with Crippen LogP contribution in [-0.2, 0) is 19.9 Å². The van der Waals surface area contributed by atoms with Gasteiger partial charge in [0, 0.05) is 12.8 Å². The van der Waals surface area contributed by atoms with Crippen LogP contribution >= 0.6 is 0 Å². The van der Waals surface area contributed by atoms with Crippen molar-refractivity contribution in [3.63, 3.8) is 0 Å². The van der Waals surface area contributed by atoms with Gasteiger partial charge >= 0.3 is 0 Å². The molecule has 1 unspecified atom stereocenters. The second kappa shape index (κ2) is 5.22. The molecule has 0 aliphatic carbocycles. The van der Waals surface area contributed by atoms with Gasteiger partial charge in [0.2, 0.25) is 11.8 Å². The molecule has 0 bridgehead atoms. The largest absolute Gasteiger partial charge is 0.338 e. The van der Waals surface area contributed by atoms with E-state index < -0.39 is 11.4 Å². The molecule has 5 heteroatoms. The fourth-order valence-corrected chi connectivity index (χ4v) is 2.23. The third kappa shape index (κ3) is 2.50. The van der Waals surface area contributed by atoms with Crippen LogP contribution in [0, 0.1) is 0 Å². The summed E-state index contributed by atoms with van der Waals surface area (Å²) in [5.41, 5.74) is -0.441. The molecule has 1 atom stereocenters. The minimum absolute atomic E-state index is 0.213. The van der Waals surface area contributed by atoms with Crippen molar-refractivity contribution in [2.75, 3.05) is 0 Å². The van der Waals surface area contributed by atoms with E-state index in [1.807, 2.05) is 6.07 Å². The van der Waals surface area contributed by atoms with Crippen LogP contribution in [0.15, 0.2) is 30.3 Å². The van der Waals surface area contributed by atoms with Crippen molar-refractivity contribution in [1.82, 2.24) is 10.6 Å². The predicted octanol–water partition coefficient (Wildman–Crippen LogP) is 0.845. The number of imide groups is 1. The zero-order valence-corrected chi connectivity index (χ0v) is 10.7. The molecule has 0 spiro atoms. The molecule has 1 aromatic carbocycles. The molecule has 100 valence electrons. The molecule has 1 fully saturated rings. The van der Waals surface area contributed by atoms with Crippen LogP contribution in [0.4, 0.5) is 0 Å². The van der Waals surface area contributed by atoms with Crippen molar-refractivity contribution in [2.45, 2.75) is 31.7 Å². The molecule has 0 aromatic heterocycles. The fourth-order valence-electron chi connectivity index (χ4n) is 2.23. The summed E-state index contributed by atoms with van der Waals surface area (Å²) in [5, 5.41) is 5.07. The fraction of sp³-hybridized carbons (Fsp3) is 0.357. The molecule has 1 aromatic rings. The summed E-state index contributed by atoms with van der Waals surface area (Å²) < 4.78 is 0. The summed E-state index contributed by atoms with van der Waals surface area (Å²) in [7, 11) is 0. The monoisotopic (exact) mass is 260 g/mol. The van der Waals surface area contributed by atoms with Gasteiger partial charge in [-0.3, -0.25) is 19.7 Å². The van der Waals surface area contributed by atoms with Crippen LogP contribution in [-0.4, -0.2) is 17.7 Å². The van der Waals surface area contributed by atoms with Gasteiger partial charge in [0.25, 0.3) is 5.91 Å². The average Bonchev–Trinajstić information content (AvgIpc) is 2.43. The Hall–Kier alpha value is -2.17. The second-order valence-electron chi connectivity index (χ2n) is 4.55. The molecule has 2 rings (SSSR count). The first-order chi connectivity index (χ1) is 9.08. The summed E-state index contributed by atoms with van der Waals surface area (Å²) in [6, 6.07) is 9.01. The van der Waals surface area contributed by atoms with Crippen LogP contribution in [0.1, 0.15) is 31.7 Å². The Labute approximate surface area is 111 Å². The van der Waals surface area contributed by atoms with E-state index in [4.69, 9.17) is 0 Å². The number of carbonyl (C=O) groups excluding carboxylic acids is 3. The molecule has 5 nitrogen and oxygen atoms in total. The Balaban J connectivity index is 2.41. The van der Waals surface area contributed by atoms with E-state index in [1.165, 1.54) is 0 Å². The van der Waals surface area contributed by atoms with Gasteiger partial charge in [-0.15, -0.1) is 0 Å². The zero-order chi connectivity index (χ0) is 13.9. The lowest BCUT2D eigenvalue weighted by Crippen LogP contribution is -2.60. The molecule has 3 amide bonds. The standard InChI is InChI=1S/C14H16N2O3/c1-2-11(17)16-14(10-6-4-3-5-7-10)9-8-12(18)15-13(14)19/h3-7H,2,8-9H2,1H3,(H,16,17)(H,15,18,19). The molecule has 1 aliphatic rings. The third-order valence-corrected chi connectivity index (χ3v) is 3.31. The number of nitrogens with one attached hydrogen (secondary N) is 2. The minimum atomic E-state index is -1.14. The van der Waals surface area contributed by atoms with Crippen LogP contribution in [0.5, 0.6) is 0 Å². The highest BCUT2D eigenvalue weighted by atomic mass is 16.2. The third-order valence-electron chi connectivity index (χ3n) is 3.31. The lowest BCUT2D eigenvalue weighted by Gasteiger charge is -2.36. The topological polar surface area (TPSA) is 75.3 Å². The number of hydrogen-bond donors (Lipinski definition) is 2. The number of rotatable bonds is 3. The molecule has 1 heterocycles. The maximum absolute atomic E-state index is 12.2. The Morgan fingerprint density at radius 1 is 1.32 bits per heavy atom. The lowest BCUT2D eigenvalue weighted by atomic mass is 9.81. The van der Waals surface area contributed by atoms with Crippen LogP contribution in [0.2, 0.25) is 0 Å². The highest BCUT2D eigenvalue weighted by Crippen LogP contribution is 2.29. The predicted molar refractivity (Wildman–Crippen MR) is 68.9 cm³/mol. The second-order valence-corrected chi connectivity index (χ2v) is 4.55. The highest BCUT2D eigenvalue weighted by molar-refractivity contribution is 6.04. The van der Waals surface area contributed by atoms with Gasteiger partial charge in [0.05, 0.1) is 0 Å². The summed E-state index contributed by atoms with van der Waals surface area (Å²) in [4.78, 5) is 35.2. The van der Waals surface area contributed by atoms with Crippen LogP contribution in [0.3, 0.4) is 0 Å². The van der Waals surface area contributed by atoms with Crippen molar-refractivity contribution in [3.8, 4) is 0 Å². The van der Waals surface area contributed by atoms with E-state index >= 15 is 0 Å². The first-order valence-corrected chi connectivity index (χ1v) is 6.29. The summed E-state index contributed by atoms with van der Waals surface area (Å²) in [6.45, 7) is 1.72. The Morgan fingerprint density at radius 3 is 2.58 bits per heavy atom. The smallest absolute Gasteiger partial charge is 0.256 e. The Kier molecular flexibility index (Phi) is 3.64. The quantitative estimate of drug-likeness (QED) is 0.791. The molecular formula is C14H16N2O3. The van der Waals surface area contributed by atoms with Gasteiger partial charge in [-0.05, 0) is 12.0 Å². The SMILES string of the molecule is CCC(=O)NC1(c2ccccc2)CCC(=O)NC1=O. The maximum atomic E-state index is 12.2. The van der Waals surface area contributed by atoms with Gasteiger partial charge in [-0.2, -0.15) is 0 Å². The van der Waals surface area contributed by atoms with Crippen molar-refractivity contribution < 1.29 is 14.4 Å². The van der Waals surface area contributed by atoms with Gasteiger partial charge in [-0.25, -0.2) is 0 Å². The Bertz CT molecular complexity index is 513. The van der Waals surface area contributed by atoms with E-state index in [2.05, 4.69) is 10.6 Å². The van der Waals surface area contributed by atoms with E-state index in [9.17, 15) is 14.4 Å².